The minimum Gasteiger partial charge on any atom is -0.508 e. The van der Waals surface area contributed by atoms with Gasteiger partial charge in [-0.15, -0.1) is 12.4 Å². The van der Waals surface area contributed by atoms with Gasteiger partial charge >= 0.3 is 5.97 Å². The van der Waals surface area contributed by atoms with E-state index in [1.807, 2.05) is 50.4 Å². The topological polar surface area (TPSA) is 189 Å². The number of amides is 4. The van der Waals surface area contributed by atoms with Crippen molar-refractivity contribution in [2.24, 2.45) is 5.73 Å². The Balaban J connectivity index is 0.0000120. The zero-order chi connectivity index (χ0) is 35.5. The van der Waals surface area contributed by atoms with Gasteiger partial charge in [-0.1, -0.05) is 43.2 Å². The lowest BCUT2D eigenvalue weighted by Crippen LogP contribution is -2.54. The molecule has 0 aliphatic rings. The number of hydrogen-bond donors (Lipinski definition) is 6. The van der Waals surface area contributed by atoms with Crippen molar-refractivity contribution in [3.63, 3.8) is 0 Å². The number of carbonyl (C=O) groups is 5. The monoisotopic (exact) mass is 721 g/mol. The molecule has 14 heteroatoms. The van der Waals surface area contributed by atoms with Gasteiger partial charge in [0.2, 0.25) is 23.6 Å². The molecule has 2 aromatic rings. The average Bonchev–Trinajstić information content (AvgIpc) is 3.06. The predicted octanol–water partition coefficient (Wildman–Crippen LogP) is 2.62. The van der Waals surface area contributed by atoms with Crippen molar-refractivity contribution >= 4 is 53.8 Å². The largest absolute Gasteiger partial charge is 0.508 e. The molecule has 49 heavy (non-hydrogen) atoms. The van der Waals surface area contributed by atoms with E-state index in [1.165, 1.54) is 18.9 Å². The smallest absolute Gasteiger partial charge is 0.305 e. The number of methoxy groups -OCH3 is 1. The van der Waals surface area contributed by atoms with E-state index in [4.69, 9.17) is 5.73 Å². The number of halogens is 1. The minimum atomic E-state index is -0.933. The fourth-order valence-corrected chi connectivity index (χ4v) is 5.64. The van der Waals surface area contributed by atoms with E-state index in [-0.39, 0.29) is 49.4 Å². The van der Waals surface area contributed by atoms with Crippen LogP contribution in [0.4, 0.5) is 0 Å². The standard InChI is InChI=1S/C35H51N5O7S.ClH/c1-23-18-26(41)19-24(2)27(23)21-28(36)33(44)40-29(15-17-48-4)34(45)38-22-31(42)39-30(20-25-12-8-7-9-13-25)35(46)37-16-11-6-5-10-14-32(43)47-3;/h7-9,12-13,18-19,28-30,41H,5-6,10-11,14-17,20-22,36H2,1-4H3,(H,37,46)(H,38,45)(H,39,42)(H,40,44);1H/t28-,29-,30+;/m1./s1. The zero-order valence-corrected chi connectivity index (χ0v) is 30.5. The molecule has 12 nitrogen and oxygen atoms in total. The first-order valence-corrected chi connectivity index (χ1v) is 17.6. The van der Waals surface area contributed by atoms with Gasteiger partial charge < -0.3 is 36.8 Å². The first-order valence-electron chi connectivity index (χ1n) is 16.2. The molecular weight excluding hydrogens is 670 g/mol. The highest BCUT2D eigenvalue weighted by atomic mass is 35.5. The fourth-order valence-electron chi connectivity index (χ4n) is 5.17. The number of rotatable bonds is 21. The first kappa shape index (κ1) is 43.2. The number of unbranched alkanes of at least 4 members (excludes halogenated alkanes) is 3. The highest BCUT2D eigenvalue weighted by Gasteiger charge is 2.26. The Hall–Kier alpha value is -3.81. The summed E-state index contributed by atoms with van der Waals surface area (Å²) in [7, 11) is 1.36. The number of esters is 1. The number of phenols is 1. The summed E-state index contributed by atoms with van der Waals surface area (Å²) in [6.45, 7) is 3.69. The van der Waals surface area contributed by atoms with Crippen molar-refractivity contribution in [2.75, 3.05) is 32.2 Å². The number of aryl methyl sites for hydroxylation is 2. The molecule has 0 aliphatic carbocycles. The number of hydrogen-bond acceptors (Lipinski definition) is 9. The number of aromatic hydroxyl groups is 1. The van der Waals surface area contributed by atoms with Crippen LogP contribution in [0.3, 0.4) is 0 Å². The van der Waals surface area contributed by atoms with Gasteiger partial charge in [0.15, 0.2) is 0 Å². The molecule has 3 atom stereocenters. The van der Waals surface area contributed by atoms with Crippen molar-refractivity contribution in [3.05, 3.63) is 64.7 Å². The quantitative estimate of drug-likeness (QED) is 0.0832. The number of ether oxygens (including phenoxy) is 1. The second-order valence-corrected chi connectivity index (χ2v) is 12.8. The molecular formula is C35H52ClN5O7S. The average molecular weight is 722 g/mol. The summed E-state index contributed by atoms with van der Waals surface area (Å²) < 4.78 is 4.64. The molecule has 0 radical (unpaired) electrons. The van der Waals surface area contributed by atoms with Gasteiger partial charge in [0.05, 0.1) is 19.7 Å². The van der Waals surface area contributed by atoms with Crippen molar-refractivity contribution in [2.45, 2.75) is 83.3 Å². The zero-order valence-electron chi connectivity index (χ0n) is 28.8. The second kappa shape index (κ2) is 23.5. The van der Waals surface area contributed by atoms with E-state index in [9.17, 15) is 29.1 Å². The lowest BCUT2D eigenvalue weighted by atomic mass is 9.96. The van der Waals surface area contributed by atoms with Crippen molar-refractivity contribution in [1.29, 1.82) is 0 Å². The molecule has 2 rings (SSSR count). The maximum atomic E-state index is 13.1. The third-order valence-corrected chi connectivity index (χ3v) is 8.52. The third kappa shape index (κ3) is 16.4. The molecule has 0 fully saturated rings. The summed E-state index contributed by atoms with van der Waals surface area (Å²) in [6, 6.07) is 9.80. The number of carbonyl (C=O) groups excluding carboxylic acids is 5. The summed E-state index contributed by atoms with van der Waals surface area (Å²) >= 11 is 1.51. The van der Waals surface area contributed by atoms with Gasteiger partial charge in [0.1, 0.15) is 17.8 Å². The summed E-state index contributed by atoms with van der Waals surface area (Å²) in [5, 5.41) is 20.8. The number of phenolic OH excluding ortho intramolecular Hbond substituents is 1. The van der Waals surface area contributed by atoms with Crippen LogP contribution >= 0.6 is 24.2 Å². The van der Waals surface area contributed by atoms with E-state index in [1.54, 1.807) is 12.1 Å². The maximum Gasteiger partial charge on any atom is 0.305 e. The third-order valence-electron chi connectivity index (χ3n) is 7.88. The SMILES string of the molecule is COC(=O)CCCCCCNC(=O)[C@H](Cc1ccccc1)NC(=O)CNC(=O)[C@@H](CCSC)NC(=O)[C@H](N)Cc1c(C)cc(O)cc1C.Cl. The highest BCUT2D eigenvalue weighted by Crippen LogP contribution is 2.22. The van der Waals surface area contributed by atoms with Crippen LogP contribution in [0.25, 0.3) is 0 Å². The summed E-state index contributed by atoms with van der Waals surface area (Å²) in [4.78, 5) is 63.5. The molecule has 0 saturated carbocycles. The molecule has 0 spiro atoms. The van der Waals surface area contributed by atoms with Crippen molar-refractivity contribution in [3.8, 4) is 5.75 Å². The molecule has 4 amide bonds. The lowest BCUT2D eigenvalue weighted by Gasteiger charge is -2.22. The number of benzene rings is 2. The van der Waals surface area contributed by atoms with Gasteiger partial charge in [0, 0.05) is 19.4 Å². The molecule has 7 N–H and O–H groups in total. The number of thioether (sulfide) groups is 1. The lowest BCUT2D eigenvalue weighted by molar-refractivity contribution is -0.140. The van der Waals surface area contributed by atoms with E-state index in [0.29, 0.717) is 31.6 Å². The normalized spacial score (nSPS) is 12.4. The van der Waals surface area contributed by atoms with Gasteiger partial charge in [-0.05, 0) is 85.9 Å². The molecule has 0 bridgehead atoms. The second-order valence-electron chi connectivity index (χ2n) is 11.8. The molecule has 272 valence electrons. The Morgan fingerprint density at radius 3 is 2.12 bits per heavy atom. The molecule has 0 aromatic heterocycles. The Morgan fingerprint density at radius 2 is 1.49 bits per heavy atom. The van der Waals surface area contributed by atoms with Crippen LogP contribution in [0.2, 0.25) is 0 Å². The van der Waals surface area contributed by atoms with Crippen LogP contribution in [-0.4, -0.2) is 85.0 Å². The van der Waals surface area contributed by atoms with Crippen LogP contribution in [-0.2, 0) is 41.6 Å². The Morgan fingerprint density at radius 1 is 0.857 bits per heavy atom. The van der Waals surface area contributed by atoms with Crippen molar-refractivity contribution in [1.82, 2.24) is 21.3 Å². The van der Waals surface area contributed by atoms with E-state index in [2.05, 4.69) is 26.0 Å². The summed E-state index contributed by atoms with van der Waals surface area (Å²) in [5.74, 6) is -1.45. The minimum absolute atomic E-state index is 0. The van der Waals surface area contributed by atoms with Crippen LogP contribution in [0.5, 0.6) is 5.75 Å². The van der Waals surface area contributed by atoms with E-state index >= 15 is 0 Å². The first-order chi connectivity index (χ1) is 22.9. The van der Waals surface area contributed by atoms with Crippen LogP contribution < -0.4 is 27.0 Å². The Kier molecular flexibility index (Phi) is 20.7. The van der Waals surface area contributed by atoms with Crippen LogP contribution in [0.15, 0.2) is 42.5 Å². The molecule has 0 heterocycles. The van der Waals surface area contributed by atoms with Crippen LogP contribution in [0, 0.1) is 13.8 Å². The molecule has 0 unspecified atom stereocenters. The van der Waals surface area contributed by atoms with E-state index in [0.717, 1.165) is 41.5 Å². The molecule has 2 aromatic carbocycles. The summed E-state index contributed by atoms with van der Waals surface area (Å²) in [5.41, 5.74) is 9.55. The van der Waals surface area contributed by atoms with E-state index < -0.39 is 35.8 Å². The summed E-state index contributed by atoms with van der Waals surface area (Å²) in [6.07, 6.45) is 6.15. The fraction of sp³-hybridized carbons (Fsp3) is 0.514. The van der Waals surface area contributed by atoms with Crippen LogP contribution in [0.1, 0.15) is 60.8 Å². The number of nitrogens with one attached hydrogen (secondary N) is 4. The number of nitrogens with two attached hydrogens (primary N) is 1. The van der Waals surface area contributed by atoms with Gasteiger partial charge in [-0.25, -0.2) is 0 Å². The Bertz CT molecular complexity index is 1340. The van der Waals surface area contributed by atoms with Crippen molar-refractivity contribution < 1.29 is 33.8 Å². The maximum absolute atomic E-state index is 13.1. The predicted molar refractivity (Wildman–Crippen MR) is 195 cm³/mol. The Labute approximate surface area is 299 Å². The highest BCUT2D eigenvalue weighted by molar-refractivity contribution is 7.98. The van der Waals surface area contributed by atoms with Gasteiger partial charge in [-0.3, -0.25) is 24.0 Å². The molecule has 0 aliphatic heterocycles. The van der Waals surface area contributed by atoms with Gasteiger partial charge in [-0.2, -0.15) is 11.8 Å². The molecule has 0 saturated heterocycles. The van der Waals surface area contributed by atoms with Gasteiger partial charge in [0.25, 0.3) is 0 Å².